The van der Waals surface area contributed by atoms with Crippen LogP contribution in [0.2, 0.25) is 0 Å². The smallest absolute Gasteiger partial charge is 0.290 e. The number of nitrogens with zero attached hydrogens (tertiary/aromatic N) is 2. The van der Waals surface area contributed by atoms with Gasteiger partial charge in [0.1, 0.15) is 23.2 Å². The number of hydrogen-bond donors (Lipinski definition) is 1. The molecule has 4 rings (SSSR count). The average Bonchev–Trinajstić information content (AvgIpc) is 3.03. The van der Waals surface area contributed by atoms with Gasteiger partial charge in [-0.3, -0.25) is 9.59 Å². The Balaban J connectivity index is 1.61. The minimum atomic E-state index is -0.712. The first-order valence-electron chi connectivity index (χ1n) is 8.35. The van der Waals surface area contributed by atoms with Gasteiger partial charge in [0.25, 0.3) is 5.91 Å². The summed E-state index contributed by atoms with van der Waals surface area (Å²) in [4.78, 5) is 33.2. The van der Waals surface area contributed by atoms with Crippen molar-refractivity contribution in [1.29, 1.82) is 0 Å². The molecule has 6 nitrogen and oxygen atoms in total. The summed E-state index contributed by atoms with van der Waals surface area (Å²) in [5, 5.41) is 0. The molecule has 0 radical (unpaired) electrons. The Morgan fingerprint density at radius 2 is 2.07 bits per heavy atom. The molecule has 0 unspecified atom stereocenters. The number of carbonyl (C=O) groups excluding carboxylic acids is 1. The SMILES string of the molecule is Cc1cc(=O)cc(C(=O)N2CCc3nc(-c4ccc(F)cc4F)[nH]c3C2)o1. The monoisotopic (exact) mass is 371 g/mol. The largest absolute Gasteiger partial charge is 0.456 e. The number of carbonyl (C=O) groups is 1. The number of rotatable bonds is 2. The van der Waals surface area contributed by atoms with Gasteiger partial charge in [0.15, 0.2) is 11.2 Å². The van der Waals surface area contributed by atoms with E-state index in [-0.39, 0.29) is 29.1 Å². The Hall–Kier alpha value is -3.29. The number of imidazole rings is 1. The van der Waals surface area contributed by atoms with E-state index < -0.39 is 17.5 Å². The first kappa shape index (κ1) is 17.1. The summed E-state index contributed by atoms with van der Waals surface area (Å²) >= 11 is 0. The van der Waals surface area contributed by atoms with E-state index in [0.29, 0.717) is 24.4 Å². The van der Waals surface area contributed by atoms with E-state index in [1.807, 2.05) is 0 Å². The molecule has 8 heteroatoms. The fourth-order valence-corrected chi connectivity index (χ4v) is 3.14. The van der Waals surface area contributed by atoms with Crippen molar-refractivity contribution < 1.29 is 18.0 Å². The summed E-state index contributed by atoms with van der Waals surface area (Å²) in [6, 6.07) is 5.75. The molecule has 0 saturated carbocycles. The predicted octanol–water partition coefficient (Wildman–Crippen LogP) is 2.82. The van der Waals surface area contributed by atoms with E-state index in [0.717, 1.165) is 23.9 Å². The molecule has 0 spiro atoms. The highest BCUT2D eigenvalue weighted by Crippen LogP contribution is 2.25. The number of aromatic amines is 1. The Kier molecular flexibility index (Phi) is 4.10. The van der Waals surface area contributed by atoms with E-state index in [2.05, 4.69) is 9.97 Å². The zero-order valence-corrected chi connectivity index (χ0v) is 14.4. The summed E-state index contributed by atoms with van der Waals surface area (Å²) in [6.45, 7) is 2.21. The van der Waals surface area contributed by atoms with Gasteiger partial charge in [-0.2, -0.15) is 0 Å². The normalized spacial score (nSPS) is 13.5. The van der Waals surface area contributed by atoms with Crippen LogP contribution in [0.15, 0.2) is 39.5 Å². The predicted molar refractivity (Wildman–Crippen MR) is 92.1 cm³/mol. The molecular formula is C19H15F2N3O3. The number of nitrogens with one attached hydrogen (secondary N) is 1. The lowest BCUT2D eigenvalue weighted by atomic mass is 10.1. The highest BCUT2D eigenvalue weighted by Gasteiger charge is 2.27. The fraction of sp³-hybridized carbons (Fsp3) is 0.211. The summed E-state index contributed by atoms with van der Waals surface area (Å²) in [7, 11) is 0. The number of aryl methyl sites for hydroxylation is 1. The summed E-state index contributed by atoms with van der Waals surface area (Å²) in [5.74, 6) is -1.15. The Morgan fingerprint density at radius 1 is 1.26 bits per heavy atom. The van der Waals surface area contributed by atoms with Crippen LogP contribution in [-0.2, 0) is 13.0 Å². The van der Waals surface area contributed by atoms with Crippen molar-refractivity contribution in [2.75, 3.05) is 6.54 Å². The number of H-pyrrole nitrogens is 1. The molecule has 1 aliphatic heterocycles. The lowest BCUT2D eigenvalue weighted by Crippen LogP contribution is -2.36. The van der Waals surface area contributed by atoms with Crippen LogP contribution in [0.1, 0.15) is 27.7 Å². The Labute approximate surface area is 152 Å². The second kappa shape index (κ2) is 6.46. The van der Waals surface area contributed by atoms with Crippen molar-refractivity contribution in [1.82, 2.24) is 14.9 Å². The van der Waals surface area contributed by atoms with Crippen molar-refractivity contribution in [3.63, 3.8) is 0 Å². The van der Waals surface area contributed by atoms with Crippen LogP contribution >= 0.6 is 0 Å². The highest BCUT2D eigenvalue weighted by molar-refractivity contribution is 5.91. The van der Waals surface area contributed by atoms with Gasteiger partial charge in [-0.25, -0.2) is 13.8 Å². The molecule has 27 heavy (non-hydrogen) atoms. The lowest BCUT2D eigenvalue weighted by molar-refractivity contribution is 0.0695. The zero-order valence-electron chi connectivity index (χ0n) is 14.4. The molecule has 1 N–H and O–H groups in total. The van der Waals surface area contributed by atoms with E-state index in [9.17, 15) is 18.4 Å². The number of amides is 1. The molecule has 1 aromatic carbocycles. The van der Waals surface area contributed by atoms with Crippen molar-refractivity contribution in [2.45, 2.75) is 19.9 Å². The van der Waals surface area contributed by atoms with Crippen LogP contribution in [0, 0.1) is 18.6 Å². The van der Waals surface area contributed by atoms with E-state index in [4.69, 9.17) is 4.42 Å². The van der Waals surface area contributed by atoms with E-state index in [1.165, 1.54) is 17.0 Å². The molecule has 1 aliphatic rings. The van der Waals surface area contributed by atoms with E-state index >= 15 is 0 Å². The zero-order chi connectivity index (χ0) is 19.1. The maximum absolute atomic E-state index is 14.0. The summed E-state index contributed by atoms with van der Waals surface area (Å²) < 4.78 is 32.5. The molecule has 0 fully saturated rings. The summed E-state index contributed by atoms with van der Waals surface area (Å²) in [5.41, 5.74) is 1.26. The topological polar surface area (TPSA) is 79.2 Å². The maximum Gasteiger partial charge on any atom is 0.290 e. The van der Waals surface area contributed by atoms with Crippen molar-refractivity contribution >= 4 is 5.91 Å². The Bertz CT molecular complexity index is 1100. The van der Waals surface area contributed by atoms with Crippen molar-refractivity contribution in [2.24, 2.45) is 0 Å². The van der Waals surface area contributed by atoms with Crippen LogP contribution in [-0.4, -0.2) is 27.3 Å². The molecule has 1 amide bonds. The Morgan fingerprint density at radius 3 is 2.81 bits per heavy atom. The van der Waals surface area contributed by atoms with Gasteiger partial charge in [-0.05, 0) is 19.1 Å². The molecule has 138 valence electrons. The molecule has 2 aromatic heterocycles. The lowest BCUT2D eigenvalue weighted by Gasteiger charge is -2.25. The van der Waals surface area contributed by atoms with Crippen LogP contribution in [0.3, 0.4) is 0 Å². The number of halogens is 2. The molecule has 3 aromatic rings. The summed E-state index contributed by atoms with van der Waals surface area (Å²) in [6.07, 6.45) is 0.469. The molecule has 3 heterocycles. The first-order chi connectivity index (χ1) is 12.9. The minimum Gasteiger partial charge on any atom is -0.456 e. The number of fused-ring (bicyclic) bond motifs is 1. The number of hydrogen-bond acceptors (Lipinski definition) is 4. The quantitative estimate of drug-likeness (QED) is 0.751. The number of benzene rings is 1. The first-order valence-corrected chi connectivity index (χ1v) is 8.35. The third kappa shape index (κ3) is 3.25. The van der Waals surface area contributed by atoms with Crippen LogP contribution in [0.25, 0.3) is 11.4 Å². The third-order valence-electron chi connectivity index (χ3n) is 4.41. The molecule has 0 saturated heterocycles. The fourth-order valence-electron chi connectivity index (χ4n) is 3.14. The van der Waals surface area contributed by atoms with E-state index in [1.54, 1.807) is 6.92 Å². The second-order valence-electron chi connectivity index (χ2n) is 6.38. The second-order valence-corrected chi connectivity index (χ2v) is 6.38. The van der Waals surface area contributed by atoms with Gasteiger partial charge in [-0.15, -0.1) is 0 Å². The number of aromatic nitrogens is 2. The van der Waals surface area contributed by atoms with Gasteiger partial charge in [0.2, 0.25) is 0 Å². The van der Waals surface area contributed by atoms with Gasteiger partial charge in [0.05, 0.1) is 23.5 Å². The standard InChI is InChI=1S/C19H15F2N3O3/c1-10-6-12(25)8-17(27-10)19(26)24-5-4-15-16(9-24)23-18(22-15)13-3-2-11(20)7-14(13)21/h2-3,6-8H,4-5,9H2,1H3,(H,22,23). The highest BCUT2D eigenvalue weighted by atomic mass is 19.1. The van der Waals surface area contributed by atoms with Gasteiger partial charge in [-0.1, -0.05) is 0 Å². The van der Waals surface area contributed by atoms with Crippen molar-refractivity contribution in [3.05, 3.63) is 75.1 Å². The molecule has 0 aliphatic carbocycles. The van der Waals surface area contributed by atoms with Gasteiger partial charge >= 0.3 is 0 Å². The minimum absolute atomic E-state index is 0.0206. The van der Waals surface area contributed by atoms with Crippen LogP contribution < -0.4 is 5.43 Å². The van der Waals surface area contributed by atoms with Crippen LogP contribution in [0.4, 0.5) is 8.78 Å². The third-order valence-corrected chi connectivity index (χ3v) is 4.41. The average molecular weight is 371 g/mol. The van der Waals surface area contributed by atoms with Gasteiger partial charge < -0.3 is 14.3 Å². The molecule has 0 atom stereocenters. The van der Waals surface area contributed by atoms with Gasteiger partial charge in [0, 0.05) is 31.2 Å². The van der Waals surface area contributed by atoms with Crippen molar-refractivity contribution in [3.8, 4) is 11.4 Å². The maximum atomic E-state index is 14.0. The molecular weight excluding hydrogens is 356 g/mol. The van der Waals surface area contributed by atoms with Crippen LogP contribution in [0.5, 0.6) is 0 Å². The molecule has 0 bridgehead atoms.